The van der Waals surface area contributed by atoms with Gasteiger partial charge in [0, 0.05) is 19.0 Å². The number of aromatic nitrogens is 3. The number of nitrogens with zero attached hydrogens (tertiary/aromatic N) is 3. The van der Waals surface area contributed by atoms with Gasteiger partial charge >= 0.3 is 0 Å². The van der Waals surface area contributed by atoms with Crippen LogP contribution < -0.4 is 5.56 Å². The summed E-state index contributed by atoms with van der Waals surface area (Å²) < 4.78 is 5.44. The van der Waals surface area contributed by atoms with Gasteiger partial charge in [-0.25, -0.2) is 4.98 Å². The van der Waals surface area contributed by atoms with E-state index in [1.807, 2.05) is 31.2 Å². The van der Waals surface area contributed by atoms with Crippen LogP contribution in [0, 0.1) is 6.92 Å². The summed E-state index contributed by atoms with van der Waals surface area (Å²) in [6.45, 7) is 3.81. The molecular weight excluding hydrogens is 304 g/mol. The normalized spacial score (nSPS) is 18.5. The molecule has 0 saturated carbocycles. The molecule has 1 saturated heterocycles. The van der Waals surface area contributed by atoms with Gasteiger partial charge in [-0.2, -0.15) is 0 Å². The SMILES string of the molecule is Cc1cc([C@H]2CCCN2CCc2nc3ccccc3c(=O)[nH]2)on1. The molecule has 3 heterocycles. The molecule has 0 radical (unpaired) electrons. The van der Waals surface area contributed by atoms with E-state index in [-0.39, 0.29) is 11.6 Å². The number of fused-ring (bicyclic) bond motifs is 1. The van der Waals surface area contributed by atoms with Crippen molar-refractivity contribution in [2.75, 3.05) is 13.1 Å². The highest BCUT2D eigenvalue weighted by Crippen LogP contribution is 2.32. The molecular formula is C18H20N4O2. The minimum atomic E-state index is -0.0700. The quantitative estimate of drug-likeness (QED) is 0.798. The van der Waals surface area contributed by atoms with Gasteiger partial charge in [-0.15, -0.1) is 0 Å². The molecule has 2 aromatic heterocycles. The van der Waals surface area contributed by atoms with Gasteiger partial charge in [0.25, 0.3) is 5.56 Å². The van der Waals surface area contributed by atoms with Gasteiger partial charge < -0.3 is 9.51 Å². The van der Waals surface area contributed by atoms with Crippen molar-refractivity contribution in [3.63, 3.8) is 0 Å². The van der Waals surface area contributed by atoms with Gasteiger partial charge in [0.05, 0.1) is 22.6 Å². The Labute approximate surface area is 139 Å². The van der Waals surface area contributed by atoms with Crippen molar-refractivity contribution in [1.82, 2.24) is 20.0 Å². The summed E-state index contributed by atoms with van der Waals surface area (Å²) in [5.74, 6) is 1.67. The second-order valence-electron chi connectivity index (χ2n) is 6.34. The Bertz CT molecular complexity index is 915. The molecule has 4 rings (SSSR count). The molecule has 0 amide bonds. The third-order valence-corrected chi connectivity index (χ3v) is 4.64. The number of benzene rings is 1. The van der Waals surface area contributed by atoms with Crippen LogP contribution >= 0.6 is 0 Å². The molecule has 1 aromatic carbocycles. The number of hydrogen-bond acceptors (Lipinski definition) is 5. The van der Waals surface area contributed by atoms with Crippen LogP contribution in [0.5, 0.6) is 0 Å². The predicted octanol–water partition coefficient (Wildman–Crippen LogP) is 2.60. The summed E-state index contributed by atoms with van der Waals surface area (Å²) in [4.78, 5) is 22.0. The molecule has 1 aliphatic rings. The standard InChI is InChI=1S/C18H20N4O2/c1-12-11-16(24-21-12)15-7-4-9-22(15)10-8-17-19-14-6-3-2-5-13(14)18(23)20-17/h2-3,5-6,11,15H,4,7-10H2,1H3,(H,19,20,23)/t15-/m1/s1. The number of aryl methyl sites for hydroxylation is 1. The molecule has 0 unspecified atom stereocenters. The van der Waals surface area contributed by atoms with Crippen molar-refractivity contribution >= 4 is 10.9 Å². The molecule has 6 nitrogen and oxygen atoms in total. The minimum Gasteiger partial charge on any atom is -0.359 e. The highest BCUT2D eigenvalue weighted by atomic mass is 16.5. The molecule has 0 spiro atoms. The van der Waals surface area contributed by atoms with Gasteiger partial charge in [-0.05, 0) is 38.4 Å². The lowest BCUT2D eigenvalue weighted by molar-refractivity contribution is 0.215. The topological polar surface area (TPSA) is 75.0 Å². The van der Waals surface area contributed by atoms with Crippen LogP contribution in [0.25, 0.3) is 10.9 Å². The van der Waals surface area contributed by atoms with E-state index in [1.165, 1.54) is 0 Å². The van der Waals surface area contributed by atoms with E-state index in [0.29, 0.717) is 11.8 Å². The zero-order valence-corrected chi connectivity index (χ0v) is 13.7. The van der Waals surface area contributed by atoms with Crippen LogP contribution in [-0.4, -0.2) is 33.1 Å². The number of likely N-dealkylation sites (tertiary alicyclic amines) is 1. The zero-order valence-electron chi connectivity index (χ0n) is 13.7. The van der Waals surface area contributed by atoms with Gasteiger partial charge in [0.15, 0.2) is 5.76 Å². The lowest BCUT2D eigenvalue weighted by Gasteiger charge is -2.21. The largest absolute Gasteiger partial charge is 0.359 e. The first-order chi connectivity index (χ1) is 11.7. The summed E-state index contributed by atoms with van der Waals surface area (Å²) >= 11 is 0. The highest BCUT2D eigenvalue weighted by Gasteiger charge is 2.28. The van der Waals surface area contributed by atoms with Crippen molar-refractivity contribution in [3.05, 3.63) is 58.0 Å². The van der Waals surface area contributed by atoms with Crippen molar-refractivity contribution in [3.8, 4) is 0 Å². The number of hydrogen-bond donors (Lipinski definition) is 1. The summed E-state index contributed by atoms with van der Waals surface area (Å²) in [6, 6.07) is 9.73. The lowest BCUT2D eigenvalue weighted by Crippen LogP contribution is -2.26. The van der Waals surface area contributed by atoms with Gasteiger partial charge in [0.1, 0.15) is 5.82 Å². The van der Waals surface area contributed by atoms with Crippen LogP contribution in [0.15, 0.2) is 39.6 Å². The van der Waals surface area contributed by atoms with E-state index < -0.39 is 0 Å². The van der Waals surface area contributed by atoms with Gasteiger partial charge in [-0.1, -0.05) is 17.3 Å². The molecule has 0 bridgehead atoms. The molecule has 3 aromatic rings. The van der Waals surface area contributed by atoms with Crippen molar-refractivity contribution in [2.45, 2.75) is 32.2 Å². The van der Waals surface area contributed by atoms with E-state index in [4.69, 9.17) is 4.52 Å². The fourth-order valence-corrected chi connectivity index (χ4v) is 3.46. The van der Waals surface area contributed by atoms with Crippen LogP contribution in [0.4, 0.5) is 0 Å². The van der Waals surface area contributed by atoms with Gasteiger partial charge in [0.2, 0.25) is 0 Å². The molecule has 6 heteroatoms. The lowest BCUT2D eigenvalue weighted by atomic mass is 10.1. The molecule has 1 atom stereocenters. The van der Waals surface area contributed by atoms with E-state index >= 15 is 0 Å². The first kappa shape index (κ1) is 15.1. The average Bonchev–Trinajstić information content (AvgIpc) is 3.21. The summed E-state index contributed by atoms with van der Waals surface area (Å²) in [6.07, 6.45) is 2.94. The maximum absolute atomic E-state index is 12.2. The Morgan fingerprint density at radius 1 is 1.38 bits per heavy atom. The monoisotopic (exact) mass is 324 g/mol. The summed E-state index contributed by atoms with van der Waals surface area (Å²) in [7, 11) is 0. The van der Waals surface area contributed by atoms with E-state index in [9.17, 15) is 4.79 Å². The van der Waals surface area contributed by atoms with Crippen LogP contribution in [-0.2, 0) is 6.42 Å². The number of para-hydroxylation sites is 1. The predicted molar refractivity (Wildman–Crippen MR) is 90.9 cm³/mol. The average molecular weight is 324 g/mol. The molecule has 24 heavy (non-hydrogen) atoms. The minimum absolute atomic E-state index is 0.0700. The maximum Gasteiger partial charge on any atom is 0.258 e. The number of aromatic amines is 1. The zero-order chi connectivity index (χ0) is 16.5. The van der Waals surface area contributed by atoms with Gasteiger partial charge in [-0.3, -0.25) is 9.69 Å². The molecule has 124 valence electrons. The Morgan fingerprint density at radius 3 is 3.08 bits per heavy atom. The Kier molecular flexibility index (Phi) is 3.90. The van der Waals surface area contributed by atoms with E-state index in [0.717, 1.165) is 48.7 Å². The highest BCUT2D eigenvalue weighted by molar-refractivity contribution is 5.77. The first-order valence-electron chi connectivity index (χ1n) is 8.36. The molecule has 0 aliphatic carbocycles. The third kappa shape index (κ3) is 2.85. The Hall–Kier alpha value is -2.47. The second-order valence-corrected chi connectivity index (χ2v) is 6.34. The van der Waals surface area contributed by atoms with E-state index in [1.54, 1.807) is 6.07 Å². The Balaban J connectivity index is 1.51. The van der Waals surface area contributed by atoms with E-state index in [2.05, 4.69) is 20.0 Å². The maximum atomic E-state index is 12.2. The van der Waals surface area contributed by atoms with Crippen LogP contribution in [0.3, 0.4) is 0 Å². The first-order valence-corrected chi connectivity index (χ1v) is 8.36. The molecule has 1 aliphatic heterocycles. The number of rotatable bonds is 4. The smallest absolute Gasteiger partial charge is 0.258 e. The van der Waals surface area contributed by atoms with Crippen LogP contribution in [0.2, 0.25) is 0 Å². The van der Waals surface area contributed by atoms with Crippen molar-refractivity contribution < 1.29 is 4.52 Å². The summed E-state index contributed by atoms with van der Waals surface area (Å²) in [5.41, 5.74) is 1.59. The fourth-order valence-electron chi connectivity index (χ4n) is 3.46. The van der Waals surface area contributed by atoms with Crippen LogP contribution in [0.1, 0.15) is 36.2 Å². The Morgan fingerprint density at radius 2 is 2.25 bits per heavy atom. The van der Waals surface area contributed by atoms with Crippen molar-refractivity contribution in [2.24, 2.45) is 0 Å². The second kappa shape index (κ2) is 6.20. The molecule has 1 fully saturated rings. The van der Waals surface area contributed by atoms with Crippen molar-refractivity contribution in [1.29, 1.82) is 0 Å². The molecule has 1 N–H and O–H groups in total. The number of H-pyrrole nitrogens is 1. The fraction of sp³-hybridized carbons (Fsp3) is 0.389. The number of nitrogens with one attached hydrogen (secondary N) is 1. The third-order valence-electron chi connectivity index (χ3n) is 4.64. The summed E-state index contributed by atoms with van der Waals surface area (Å²) in [5, 5.41) is 4.63.